The average molecular weight is 588 g/mol. The normalized spacial score (nSPS) is 14.5. The number of fused-ring (bicyclic) bond motifs is 1. The van der Waals surface area contributed by atoms with Crippen molar-refractivity contribution in [2.24, 2.45) is 0 Å². The molecule has 0 bridgehead atoms. The molecule has 1 aliphatic heterocycles. The number of hydrogen-bond acceptors (Lipinski definition) is 6. The van der Waals surface area contributed by atoms with Crippen LogP contribution in [-0.2, 0) is 4.79 Å². The van der Waals surface area contributed by atoms with Crippen LogP contribution < -0.4 is 15.5 Å². The number of piperazine rings is 1. The molecule has 1 fully saturated rings. The van der Waals surface area contributed by atoms with Crippen molar-refractivity contribution < 1.29 is 13.6 Å². The van der Waals surface area contributed by atoms with Crippen LogP contribution in [-0.4, -0.2) is 40.5 Å². The molecule has 3 heterocycles. The van der Waals surface area contributed by atoms with E-state index < -0.39 is 11.9 Å². The number of nitrogens with one attached hydrogen (secondary N) is 2. The van der Waals surface area contributed by atoms with Crippen LogP contribution >= 0.6 is 27.5 Å². The van der Waals surface area contributed by atoms with Crippen molar-refractivity contribution in [3.63, 3.8) is 0 Å². The van der Waals surface area contributed by atoms with Gasteiger partial charge in [0.25, 0.3) is 0 Å². The minimum atomic E-state index is -0.493. The number of anilines is 2. The SMILES string of the molecule is Cc1nc2cc(F)c(-c3cnc(N4CCNC(=O)C4)nc3)cc2c(NC(C)c2cc(Br)ccc2F)c1Cl. The first-order valence-corrected chi connectivity index (χ1v) is 12.7. The predicted molar refractivity (Wildman–Crippen MR) is 144 cm³/mol. The van der Waals surface area contributed by atoms with Gasteiger partial charge in [0.15, 0.2) is 0 Å². The van der Waals surface area contributed by atoms with Crippen molar-refractivity contribution in [1.82, 2.24) is 20.3 Å². The minimum absolute atomic E-state index is 0.101. The summed E-state index contributed by atoms with van der Waals surface area (Å²) in [4.78, 5) is 26.6. The van der Waals surface area contributed by atoms with E-state index >= 15 is 4.39 Å². The number of pyridine rings is 1. The van der Waals surface area contributed by atoms with Gasteiger partial charge in [-0.2, -0.15) is 0 Å². The predicted octanol–water partition coefficient (Wildman–Crippen LogP) is 5.80. The molecule has 0 radical (unpaired) electrons. The number of aromatic nitrogens is 3. The van der Waals surface area contributed by atoms with Gasteiger partial charge in [-0.1, -0.05) is 27.5 Å². The standard InChI is InChI=1S/C26H22BrClF2N6O/c1-13(17-7-16(27)3-4-20(17)29)35-25-19-8-18(21(30)9-22(19)34-14(2)24(25)28)15-10-32-26(33-11-15)36-6-5-31-23(37)12-36/h3-4,7-11,13H,5-6,12H2,1-2H3,(H,31,37)(H,34,35). The van der Waals surface area contributed by atoms with Gasteiger partial charge < -0.3 is 15.5 Å². The third-order valence-electron chi connectivity index (χ3n) is 6.24. The van der Waals surface area contributed by atoms with Crippen LogP contribution in [0.25, 0.3) is 22.0 Å². The molecule has 4 aromatic rings. The molecular formula is C26H22BrClF2N6O. The van der Waals surface area contributed by atoms with Gasteiger partial charge in [0, 0.05) is 58.1 Å². The number of carbonyl (C=O) groups excluding carboxylic acids is 1. The number of halogens is 4. The highest BCUT2D eigenvalue weighted by molar-refractivity contribution is 9.10. The summed E-state index contributed by atoms with van der Waals surface area (Å²) in [7, 11) is 0. The van der Waals surface area contributed by atoms with Gasteiger partial charge >= 0.3 is 0 Å². The fraction of sp³-hybridized carbons (Fsp3) is 0.231. The molecule has 0 aliphatic carbocycles. The second-order valence-electron chi connectivity index (χ2n) is 8.81. The Morgan fingerprint density at radius 3 is 2.65 bits per heavy atom. The zero-order chi connectivity index (χ0) is 26.3. The van der Waals surface area contributed by atoms with E-state index in [1.54, 1.807) is 30.0 Å². The summed E-state index contributed by atoms with van der Waals surface area (Å²) in [6.45, 7) is 4.81. The first-order valence-electron chi connectivity index (χ1n) is 11.6. The maximum Gasteiger partial charge on any atom is 0.239 e. The lowest BCUT2D eigenvalue weighted by Crippen LogP contribution is -2.48. The van der Waals surface area contributed by atoms with E-state index in [2.05, 4.69) is 41.5 Å². The molecular weight excluding hydrogens is 566 g/mol. The lowest BCUT2D eigenvalue weighted by Gasteiger charge is -2.26. The molecule has 1 saturated heterocycles. The second-order valence-corrected chi connectivity index (χ2v) is 10.1. The van der Waals surface area contributed by atoms with Crippen LogP contribution in [0.4, 0.5) is 20.4 Å². The Bertz CT molecular complexity index is 1520. The van der Waals surface area contributed by atoms with Gasteiger partial charge in [-0.15, -0.1) is 0 Å². The molecule has 7 nitrogen and oxygen atoms in total. The van der Waals surface area contributed by atoms with Gasteiger partial charge in [-0.25, -0.2) is 18.7 Å². The monoisotopic (exact) mass is 586 g/mol. The van der Waals surface area contributed by atoms with E-state index in [1.165, 1.54) is 24.5 Å². The molecule has 1 atom stereocenters. The Morgan fingerprint density at radius 1 is 1.16 bits per heavy atom. The van der Waals surface area contributed by atoms with E-state index in [-0.39, 0.29) is 23.8 Å². The molecule has 37 heavy (non-hydrogen) atoms. The van der Waals surface area contributed by atoms with Gasteiger partial charge in [0.2, 0.25) is 11.9 Å². The molecule has 2 N–H and O–H groups in total. The maximum absolute atomic E-state index is 15.2. The number of hydrogen-bond donors (Lipinski definition) is 2. The third kappa shape index (κ3) is 5.08. The Balaban J connectivity index is 1.54. The summed E-state index contributed by atoms with van der Waals surface area (Å²) < 4.78 is 30.5. The summed E-state index contributed by atoms with van der Waals surface area (Å²) in [5.41, 5.74) is 2.62. The lowest BCUT2D eigenvalue weighted by atomic mass is 10.0. The topological polar surface area (TPSA) is 83.0 Å². The van der Waals surface area contributed by atoms with Crippen LogP contribution in [0.15, 0.2) is 47.2 Å². The van der Waals surface area contributed by atoms with E-state index in [4.69, 9.17) is 11.6 Å². The molecule has 0 saturated carbocycles. The van der Waals surface area contributed by atoms with Crippen LogP contribution in [0.5, 0.6) is 0 Å². The zero-order valence-corrected chi connectivity index (χ0v) is 22.3. The lowest BCUT2D eigenvalue weighted by molar-refractivity contribution is -0.120. The van der Waals surface area contributed by atoms with Crippen molar-refractivity contribution in [3.8, 4) is 11.1 Å². The quantitative estimate of drug-likeness (QED) is 0.307. The Hall–Kier alpha value is -3.37. The summed E-state index contributed by atoms with van der Waals surface area (Å²) in [6.07, 6.45) is 3.05. The zero-order valence-electron chi connectivity index (χ0n) is 19.9. The fourth-order valence-corrected chi connectivity index (χ4v) is 4.90. The Labute approximate surface area is 225 Å². The summed E-state index contributed by atoms with van der Waals surface area (Å²) in [5.74, 6) is -0.555. The number of carbonyl (C=O) groups is 1. The van der Waals surface area contributed by atoms with Gasteiger partial charge in [-0.05, 0) is 38.1 Å². The van der Waals surface area contributed by atoms with Crippen molar-refractivity contribution >= 4 is 56.0 Å². The second kappa shape index (κ2) is 10.2. The summed E-state index contributed by atoms with van der Waals surface area (Å²) in [5, 5.41) is 7.00. The van der Waals surface area contributed by atoms with Crippen molar-refractivity contribution in [2.45, 2.75) is 19.9 Å². The van der Waals surface area contributed by atoms with E-state index in [0.717, 1.165) is 4.47 Å². The molecule has 2 aromatic heterocycles. The van der Waals surface area contributed by atoms with Gasteiger partial charge in [0.1, 0.15) is 11.6 Å². The van der Waals surface area contributed by atoms with E-state index in [1.807, 2.05) is 6.92 Å². The summed E-state index contributed by atoms with van der Waals surface area (Å²) in [6, 6.07) is 7.26. The first-order chi connectivity index (χ1) is 17.7. The van der Waals surface area contributed by atoms with Crippen molar-refractivity contribution in [1.29, 1.82) is 0 Å². The molecule has 1 aliphatic rings. The van der Waals surface area contributed by atoms with E-state index in [0.29, 0.717) is 57.5 Å². The van der Waals surface area contributed by atoms with Gasteiger partial charge in [0.05, 0.1) is 34.5 Å². The molecule has 1 amide bonds. The van der Waals surface area contributed by atoms with Crippen LogP contribution in [0, 0.1) is 18.6 Å². The number of nitrogens with zero attached hydrogens (tertiary/aromatic N) is 4. The van der Waals surface area contributed by atoms with Crippen molar-refractivity contribution in [3.05, 3.63) is 75.1 Å². The Morgan fingerprint density at radius 2 is 1.92 bits per heavy atom. The smallest absolute Gasteiger partial charge is 0.239 e. The molecule has 5 rings (SSSR count). The summed E-state index contributed by atoms with van der Waals surface area (Å²) >= 11 is 10.0. The minimum Gasteiger partial charge on any atom is -0.377 e. The van der Waals surface area contributed by atoms with Crippen molar-refractivity contribution in [2.75, 3.05) is 29.9 Å². The van der Waals surface area contributed by atoms with Crippen LogP contribution in [0.2, 0.25) is 5.02 Å². The maximum atomic E-state index is 15.2. The van der Waals surface area contributed by atoms with Crippen LogP contribution in [0.1, 0.15) is 24.2 Å². The average Bonchev–Trinajstić information content (AvgIpc) is 2.88. The third-order valence-corrected chi connectivity index (χ3v) is 7.19. The molecule has 2 aromatic carbocycles. The highest BCUT2D eigenvalue weighted by Crippen LogP contribution is 2.38. The molecule has 190 valence electrons. The fourth-order valence-electron chi connectivity index (χ4n) is 4.32. The number of rotatable bonds is 5. The first kappa shape index (κ1) is 25.3. The van der Waals surface area contributed by atoms with Crippen LogP contribution in [0.3, 0.4) is 0 Å². The number of benzene rings is 2. The van der Waals surface area contributed by atoms with Gasteiger partial charge in [-0.3, -0.25) is 9.78 Å². The van der Waals surface area contributed by atoms with E-state index in [9.17, 15) is 9.18 Å². The number of amides is 1. The Kier molecular flexibility index (Phi) is 6.96. The molecule has 0 spiro atoms. The highest BCUT2D eigenvalue weighted by Gasteiger charge is 2.21. The molecule has 1 unspecified atom stereocenters. The highest BCUT2D eigenvalue weighted by atomic mass is 79.9. The molecule has 11 heteroatoms. The largest absolute Gasteiger partial charge is 0.377 e. The number of aryl methyl sites for hydroxylation is 1.